The van der Waals surface area contributed by atoms with Crippen LogP contribution >= 0.6 is 11.3 Å². The van der Waals surface area contributed by atoms with Crippen LogP contribution in [-0.4, -0.2) is 32.8 Å². The van der Waals surface area contributed by atoms with E-state index in [1.807, 2.05) is 23.7 Å². The number of nitrogens with zero attached hydrogens (tertiary/aromatic N) is 2. The predicted octanol–water partition coefficient (Wildman–Crippen LogP) is 3.52. The van der Waals surface area contributed by atoms with Gasteiger partial charge in [0.15, 0.2) is 16.3 Å². The normalized spacial score (nSPS) is 13.3. The van der Waals surface area contributed by atoms with Crippen molar-refractivity contribution in [2.75, 3.05) is 18.6 Å². The topological polar surface area (TPSA) is 108 Å². The van der Waals surface area contributed by atoms with Crippen LogP contribution in [-0.2, 0) is 17.1 Å². The van der Waals surface area contributed by atoms with E-state index in [0.717, 1.165) is 10.2 Å². The van der Waals surface area contributed by atoms with Crippen molar-refractivity contribution >= 4 is 43.2 Å². The number of aryl methyl sites for hydroxylation is 1. The Labute approximate surface area is 198 Å². The average Bonchev–Trinajstić information content (AvgIpc) is 3.41. The second-order valence-electron chi connectivity index (χ2n) is 7.39. The van der Waals surface area contributed by atoms with Crippen molar-refractivity contribution in [2.24, 2.45) is 12.0 Å². The van der Waals surface area contributed by atoms with Gasteiger partial charge in [-0.1, -0.05) is 11.3 Å². The van der Waals surface area contributed by atoms with Crippen LogP contribution in [0.3, 0.4) is 0 Å². The highest BCUT2D eigenvalue weighted by molar-refractivity contribution is 7.92. The smallest absolute Gasteiger partial charge is 0.279 e. The Hall–Kier alpha value is -3.83. The van der Waals surface area contributed by atoms with Crippen LogP contribution < -0.4 is 23.7 Å². The fourth-order valence-corrected chi connectivity index (χ4v) is 5.51. The Morgan fingerprint density at radius 2 is 1.74 bits per heavy atom. The summed E-state index contributed by atoms with van der Waals surface area (Å²) in [6.45, 7) is 0.193. The molecule has 1 aliphatic heterocycles. The highest BCUT2D eigenvalue weighted by atomic mass is 32.2. The summed E-state index contributed by atoms with van der Waals surface area (Å²) in [4.78, 5) is 17.6. The van der Waals surface area contributed by atoms with E-state index in [1.54, 1.807) is 12.1 Å². The number of ether oxygens (including phenoxy) is 3. The van der Waals surface area contributed by atoms with Gasteiger partial charge < -0.3 is 18.8 Å². The van der Waals surface area contributed by atoms with Gasteiger partial charge in [0.25, 0.3) is 15.9 Å². The molecule has 2 heterocycles. The van der Waals surface area contributed by atoms with Crippen LogP contribution in [0, 0.1) is 0 Å². The number of hydrogen-bond donors (Lipinski definition) is 1. The van der Waals surface area contributed by atoms with Crippen molar-refractivity contribution in [3.8, 4) is 17.2 Å². The number of hydrogen-bond acceptors (Lipinski definition) is 7. The third-order valence-electron chi connectivity index (χ3n) is 5.25. The van der Waals surface area contributed by atoms with Crippen molar-refractivity contribution in [3.05, 3.63) is 71.0 Å². The molecule has 0 saturated carbocycles. The minimum atomic E-state index is -3.78. The number of aromatic nitrogens is 1. The number of sulfonamides is 1. The van der Waals surface area contributed by atoms with E-state index >= 15 is 0 Å². The highest BCUT2D eigenvalue weighted by Gasteiger charge is 2.18. The van der Waals surface area contributed by atoms with Crippen molar-refractivity contribution in [1.82, 2.24) is 4.57 Å². The molecule has 0 atom stereocenters. The van der Waals surface area contributed by atoms with Gasteiger partial charge >= 0.3 is 0 Å². The van der Waals surface area contributed by atoms with Crippen molar-refractivity contribution in [1.29, 1.82) is 0 Å². The van der Waals surface area contributed by atoms with Gasteiger partial charge in [0, 0.05) is 30.4 Å². The van der Waals surface area contributed by atoms with E-state index in [4.69, 9.17) is 14.2 Å². The van der Waals surface area contributed by atoms with Gasteiger partial charge in [0.2, 0.25) is 6.79 Å². The van der Waals surface area contributed by atoms with Crippen LogP contribution in [0.15, 0.2) is 70.6 Å². The quantitative estimate of drug-likeness (QED) is 0.452. The third kappa shape index (κ3) is 4.11. The first-order valence-corrected chi connectivity index (χ1v) is 12.4. The fraction of sp³-hybridized carbons (Fsp3) is 0.130. The molecule has 0 radical (unpaired) electrons. The first kappa shape index (κ1) is 22.0. The number of carbonyl (C=O) groups is 1. The summed E-state index contributed by atoms with van der Waals surface area (Å²) in [5, 5.41) is 0. The number of thiazole rings is 1. The Bertz CT molecular complexity index is 1570. The summed E-state index contributed by atoms with van der Waals surface area (Å²) in [5.41, 5.74) is 1.54. The van der Waals surface area contributed by atoms with E-state index < -0.39 is 15.9 Å². The summed E-state index contributed by atoms with van der Waals surface area (Å²) in [7, 11) is -0.450. The zero-order valence-electron chi connectivity index (χ0n) is 18.1. The van der Waals surface area contributed by atoms with E-state index in [2.05, 4.69) is 9.71 Å². The van der Waals surface area contributed by atoms with Crippen molar-refractivity contribution in [3.63, 3.8) is 0 Å². The molecule has 0 saturated heterocycles. The molecule has 5 rings (SSSR count). The summed E-state index contributed by atoms with van der Waals surface area (Å²) in [6, 6.07) is 15.9. The first-order chi connectivity index (χ1) is 16.3. The maximum Gasteiger partial charge on any atom is 0.279 e. The maximum atomic E-state index is 12.7. The number of fused-ring (bicyclic) bond motifs is 2. The third-order valence-corrected chi connectivity index (χ3v) is 7.75. The number of rotatable bonds is 5. The second-order valence-corrected chi connectivity index (χ2v) is 10.1. The molecule has 0 fully saturated rings. The van der Waals surface area contributed by atoms with Gasteiger partial charge in [-0.05, 0) is 48.5 Å². The Morgan fingerprint density at radius 3 is 2.41 bits per heavy atom. The highest BCUT2D eigenvalue weighted by Crippen LogP contribution is 2.36. The standard InChI is InChI=1S/C23H19N3O6S2/c1-26-18-11-19-20(32-13-31-19)12-21(18)33-23(26)24-22(27)14-3-5-15(6-4-14)25-34(28,29)17-9-7-16(30-2)8-10-17/h3-12,25H,13H2,1-2H3. The maximum absolute atomic E-state index is 12.7. The lowest BCUT2D eigenvalue weighted by Crippen LogP contribution is -2.14. The van der Waals surface area contributed by atoms with E-state index in [1.165, 1.54) is 54.8 Å². The molecular weight excluding hydrogens is 478 g/mol. The molecule has 9 nitrogen and oxygen atoms in total. The zero-order valence-corrected chi connectivity index (χ0v) is 19.8. The SMILES string of the molecule is COc1ccc(S(=O)(=O)Nc2ccc(C(=O)N=c3sc4cc5c(cc4n3C)OCO5)cc2)cc1. The van der Waals surface area contributed by atoms with Crippen LogP contribution in [0.4, 0.5) is 5.69 Å². The van der Waals surface area contributed by atoms with Crippen LogP contribution in [0.2, 0.25) is 0 Å². The predicted molar refractivity (Wildman–Crippen MR) is 127 cm³/mol. The van der Waals surface area contributed by atoms with Gasteiger partial charge in [-0.25, -0.2) is 8.42 Å². The Balaban J connectivity index is 1.36. The molecule has 0 bridgehead atoms. The summed E-state index contributed by atoms with van der Waals surface area (Å²) in [6.07, 6.45) is 0. The van der Waals surface area contributed by atoms with Crippen LogP contribution in [0.25, 0.3) is 10.2 Å². The Kier molecular flexibility index (Phi) is 5.50. The number of amides is 1. The van der Waals surface area contributed by atoms with Gasteiger partial charge in [0.05, 0.1) is 22.2 Å². The molecule has 1 N–H and O–H groups in total. The number of carbonyl (C=O) groups excluding carboxylic acids is 1. The lowest BCUT2D eigenvalue weighted by Gasteiger charge is -2.09. The molecule has 0 unspecified atom stereocenters. The minimum Gasteiger partial charge on any atom is -0.497 e. The molecule has 3 aromatic carbocycles. The molecule has 4 aromatic rings. The van der Waals surface area contributed by atoms with Crippen molar-refractivity contribution in [2.45, 2.75) is 4.90 Å². The fourth-order valence-electron chi connectivity index (χ4n) is 3.43. The molecule has 34 heavy (non-hydrogen) atoms. The lowest BCUT2D eigenvalue weighted by atomic mass is 10.2. The van der Waals surface area contributed by atoms with Gasteiger partial charge in [-0.15, -0.1) is 0 Å². The van der Waals surface area contributed by atoms with E-state index in [0.29, 0.717) is 33.3 Å². The Morgan fingerprint density at radius 1 is 1.06 bits per heavy atom. The molecular formula is C23H19N3O6S2. The number of anilines is 1. The average molecular weight is 498 g/mol. The zero-order chi connectivity index (χ0) is 23.9. The number of nitrogens with one attached hydrogen (secondary N) is 1. The summed E-state index contributed by atoms with van der Waals surface area (Å²) < 4.78 is 46.3. The minimum absolute atomic E-state index is 0.0995. The first-order valence-electron chi connectivity index (χ1n) is 10.1. The van der Waals surface area contributed by atoms with Crippen LogP contribution in [0.1, 0.15) is 10.4 Å². The molecule has 0 aliphatic carbocycles. The van der Waals surface area contributed by atoms with Gasteiger partial charge in [-0.3, -0.25) is 9.52 Å². The van der Waals surface area contributed by atoms with Gasteiger partial charge in [-0.2, -0.15) is 4.99 Å². The van der Waals surface area contributed by atoms with E-state index in [9.17, 15) is 13.2 Å². The molecule has 1 amide bonds. The summed E-state index contributed by atoms with van der Waals surface area (Å²) in [5.74, 6) is 1.45. The number of methoxy groups -OCH3 is 1. The molecule has 1 aliphatic rings. The monoisotopic (exact) mass is 497 g/mol. The molecule has 11 heteroatoms. The molecule has 0 spiro atoms. The lowest BCUT2D eigenvalue weighted by molar-refractivity contribution is 0.0998. The molecule has 1 aromatic heterocycles. The number of benzene rings is 3. The van der Waals surface area contributed by atoms with Crippen LogP contribution in [0.5, 0.6) is 17.2 Å². The summed E-state index contributed by atoms with van der Waals surface area (Å²) >= 11 is 1.36. The van der Waals surface area contributed by atoms with E-state index in [-0.39, 0.29) is 11.7 Å². The van der Waals surface area contributed by atoms with Gasteiger partial charge in [0.1, 0.15) is 5.75 Å². The molecule has 174 valence electrons. The van der Waals surface area contributed by atoms with Crippen molar-refractivity contribution < 1.29 is 27.4 Å². The second kappa shape index (κ2) is 8.50. The largest absolute Gasteiger partial charge is 0.497 e.